The zero-order valence-corrected chi connectivity index (χ0v) is 26.6. The van der Waals surface area contributed by atoms with Crippen molar-refractivity contribution in [2.75, 3.05) is 0 Å². The molecule has 0 saturated heterocycles. The fraction of sp³-hybridized carbons (Fsp3) is 0.0476. The molecule has 6 aromatic carbocycles. The van der Waals surface area contributed by atoms with Crippen LogP contribution in [-0.4, -0.2) is 23.9 Å². The Balaban J connectivity index is 1.26. The zero-order chi connectivity index (χ0) is 34.4. The molecule has 6 aromatic rings. The van der Waals surface area contributed by atoms with Gasteiger partial charge >= 0.3 is 12.3 Å². The summed E-state index contributed by atoms with van der Waals surface area (Å²) in [5.41, 5.74) is 1.15. The van der Waals surface area contributed by atoms with Crippen LogP contribution in [0.2, 0.25) is 0 Å². The summed E-state index contributed by atoms with van der Waals surface area (Å²) >= 11 is 0. The van der Waals surface area contributed by atoms with E-state index in [9.17, 15) is 19.2 Å². The molecule has 2 aliphatic carbocycles. The van der Waals surface area contributed by atoms with Crippen LogP contribution < -0.4 is 9.47 Å². The van der Waals surface area contributed by atoms with Crippen molar-refractivity contribution in [1.82, 2.24) is 0 Å². The number of allylic oxidation sites excluding steroid dienone is 2. The molecule has 0 spiro atoms. The quantitative estimate of drug-likeness (QED) is 0.133. The lowest BCUT2D eigenvalue weighted by Gasteiger charge is -2.29. The summed E-state index contributed by atoms with van der Waals surface area (Å²) in [6.07, 6.45) is -1.63. The highest BCUT2D eigenvalue weighted by Gasteiger charge is 2.44. The number of aryl methyl sites for hydroxylation is 1. The first-order valence-corrected chi connectivity index (χ1v) is 16.0. The monoisotopic (exact) mass is 658 g/mol. The van der Waals surface area contributed by atoms with Crippen LogP contribution in [0, 0.1) is 0 Å². The Morgan fingerprint density at radius 3 is 1.50 bits per heavy atom. The summed E-state index contributed by atoms with van der Waals surface area (Å²) in [5, 5.41) is 3.06. The number of Topliss-reactive ketones (excluding diaryl/α,β-unsaturated/α-hetero) is 2. The molecular formula is C42H26O8. The van der Waals surface area contributed by atoms with Gasteiger partial charge in [0.25, 0.3) is 0 Å². The minimum absolute atomic E-state index is 0.144. The van der Waals surface area contributed by atoms with Gasteiger partial charge in [-0.2, -0.15) is 0 Å². The van der Waals surface area contributed by atoms with Crippen molar-refractivity contribution in [1.29, 1.82) is 0 Å². The van der Waals surface area contributed by atoms with Gasteiger partial charge in [0.1, 0.15) is 11.5 Å². The molecule has 0 unspecified atom stereocenters. The van der Waals surface area contributed by atoms with Gasteiger partial charge in [0, 0.05) is 33.0 Å². The number of hydrogen-bond acceptors (Lipinski definition) is 8. The second-order valence-electron chi connectivity index (χ2n) is 11.7. The van der Waals surface area contributed by atoms with Crippen molar-refractivity contribution >= 4 is 56.9 Å². The van der Waals surface area contributed by atoms with Crippen molar-refractivity contribution in [3.05, 3.63) is 166 Å². The normalized spacial score (nSPS) is 13.5. The maximum atomic E-state index is 14.4. The Morgan fingerprint density at radius 1 is 0.480 bits per heavy atom. The first kappa shape index (κ1) is 30.5. The average molecular weight is 659 g/mol. The van der Waals surface area contributed by atoms with Gasteiger partial charge in [-0.1, -0.05) is 116 Å². The van der Waals surface area contributed by atoms with E-state index in [1.807, 2.05) is 67.6 Å². The fourth-order valence-corrected chi connectivity index (χ4v) is 6.44. The topological polar surface area (TPSA) is 105 Å². The number of hydrogen-bond donors (Lipinski definition) is 0. The lowest BCUT2D eigenvalue weighted by atomic mass is 9.76. The smallest absolute Gasteiger partial charge is 0.394 e. The second-order valence-corrected chi connectivity index (χ2v) is 11.7. The Bertz CT molecular complexity index is 2490. The van der Waals surface area contributed by atoms with Gasteiger partial charge in [-0.3, -0.25) is 9.59 Å². The molecule has 0 N–H and O–H groups in total. The molecule has 0 fully saturated rings. The molecule has 0 amide bonds. The van der Waals surface area contributed by atoms with Crippen LogP contribution in [0.1, 0.15) is 44.3 Å². The first-order valence-electron chi connectivity index (χ1n) is 16.0. The molecule has 0 heterocycles. The van der Waals surface area contributed by atoms with E-state index >= 15 is 0 Å². The molecule has 242 valence electrons. The van der Waals surface area contributed by atoms with E-state index in [0.29, 0.717) is 17.2 Å². The molecule has 0 bridgehead atoms. The van der Waals surface area contributed by atoms with Crippen molar-refractivity contribution in [3.8, 4) is 11.5 Å². The largest absolute Gasteiger partial charge is 0.519 e. The Labute approximate surface area is 285 Å². The molecule has 2 aliphatic rings. The minimum atomic E-state index is -1.12. The highest BCUT2D eigenvalue weighted by molar-refractivity contribution is 6.34. The van der Waals surface area contributed by atoms with Gasteiger partial charge < -0.3 is 18.9 Å². The van der Waals surface area contributed by atoms with Gasteiger partial charge in [-0.15, -0.1) is 0 Å². The second kappa shape index (κ2) is 12.3. The summed E-state index contributed by atoms with van der Waals surface area (Å²) in [4.78, 5) is 55.7. The fourth-order valence-electron chi connectivity index (χ4n) is 6.44. The van der Waals surface area contributed by atoms with Crippen LogP contribution in [0.5, 0.6) is 11.5 Å². The van der Waals surface area contributed by atoms with Crippen LogP contribution in [0.3, 0.4) is 0 Å². The number of rotatable bonds is 5. The summed E-state index contributed by atoms with van der Waals surface area (Å²) in [5.74, 6) is -1.04. The van der Waals surface area contributed by atoms with E-state index in [2.05, 4.69) is 0 Å². The van der Waals surface area contributed by atoms with Gasteiger partial charge in [0.05, 0.1) is 11.1 Å². The van der Waals surface area contributed by atoms with Crippen molar-refractivity contribution in [2.45, 2.75) is 13.3 Å². The van der Waals surface area contributed by atoms with E-state index in [4.69, 9.17) is 18.9 Å². The summed E-state index contributed by atoms with van der Waals surface area (Å²) in [6, 6.07) is 36.8. The van der Waals surface area contributed by atoms with Gasteiger partial charge in [-0.25, -0.2) is 9.59 Å². The third-order valence-corrected chi connectivity index (χ3v) is 8.81. The first-order chi connectivity index (χ1) is 24.4. The molecule has 0 atom stereocenters. The summed E-state index contributed by atoms with van der Waals surface area (Å²) < 4.78 is 23.1. The maximum Gasteiger partial charge on any atom is 0.519 e. The Kier molecular flexibility index (Phi) is 7.53. The van der Waals surface area contributed by atoms with E-state index in [-0.39, 0.29) is 56.4 Å². The summed E-state index contributed by atoms with van der Waals surface area (Å²) in [6.45, 7) is 1.94. The lowest BCUT2D eigenvalue weighted by Crippen LogP contribution is -2.29. The van der Waals surface area contributed by atoms with E-state index < -0.39 is 23.9 Å². The molecule has 0 radical (unpaired) electrons. The van der Waals surface area contributed by atoms with Gasteiger partial charge in [0.2, 0.25) is 0 Å². The minimum Gasteiger partial charge on any atom is -0.394 e. The molecule has 0 aromatic heterocycles. The van der Waals surface area contributed by atoms with Gasteiger partial charge in [0.15, 0.2) is 23.1 Å². The van der Waals surface area contributed by atoms with E-state index in [1.54, 1.807) is 66.7 Å². The van der Waals surface area contributed by atoms with E-state index in [1.165, 1.54) is 0 Å². The maximum absolute atomic E-state index is 14.4. The molecule has 0 saturated carbocycles. The molecule has 0 aliphatic heterocycles. The average Bonchev–Trinajstić information content (AvgIpc) is 3.14. The Morgan fingerprint density at radius 2 is 0.940 bits per heavy atom. The number of benzene rings is 6. The molecule has 8 nitrogen and oxygen atoms in total. The number of fused-ring (bicyclic) bond motifs is 5. The van der Waals surface area contributed by atoms with Crippen LogP contribution in [0.25, 0.3) is 33.1 Å². The molecule has 8 rings (SSSR count). The highest BCUT2D eigenvalue weighted by Crippen LogP contribution is 2.45. The predicted molar refractivity (Wildman–Crippen MR) is 187 cm³/mol. The lowest BCUT2D eigenvalue weighted by molar-refractivity contribution is 0.0979. The number of ether oxygens (including phenoxy) is 4. The molecule has 8 heteroatoms. The summed E-state index contributed by atoms with van der Waals surface area (Å²) in [7, 11) is 0. The third kappa shape index (κ3) is 5.20. The molecule has 50 heavy (non-hydrogen) atoms. The van der Waals surface area contributed by atoms with Gasteiger partial charge in [-0.05, 0) is 41.0 Å². The number of carbonyl (C=O) groups excluding carboxylic acids is 4. The van der Waals surface area contributed by atoms with Crippen LogP contribution in [-0.2, 0) is 15.9 Å². The van der Waals surface area contributed by atoms with Crippen LogP contribution in [0.15, 0.2) is 139 Å². The van der Waals surface area contributed by atoms with E-state index in [0.717, 1.165) is 16.3 Å². The highest BCUT2D eigenvalue weighted by atomic mass is 16.7. The van der Waals surface area contributed by atoms with Crippen LogP contribution >= 0.6 is 0 Å². The zero-order valence-electron chi connectivity index (χ0n) is 26.6. The predicted octanol–water partition coefficient (Wildman–Crippen LogP) is 9.50. The Hall–Kier alpha value is -6.80. The standard InChI is InChI=1S/C42H26O8/c1-2-24-21-22-30-32(23-24)40(50-42(46)48-34-20-10-14-26-12-4-6-16-28(26)34)36-35(38(30)44)39(31-18-8-7-17-29(31)37(36)43)49-41(45)47-33-19-9-13-25-11-3-5-15-27(25)33/h3-23H,2H2,1H3. The van der Waals surface area contributed by atoms with Crippen molar-refractivity contribution < 1.29 is 38.1 Å². The number of carbonyl (C=O) groups is 4. The van der Waals surface area contributed by atoms with Crippen LogP contribution in [0.4, 0.5) is 9.59 Å². The molecular weight excluding hydrogens is 632 g/mol. The number of ketones is 2. The SMILES string of the molecule is CCc1ccc2c(c1)C(OC(=O)Oc1cccc3ccccc13)=C1C(=O)c3ccccc3C(OC(=O)Oc3cccc4ccccc34)=C1C2=O. The third-order valence-electron chi connectivity index (χ3n) is 8.81. The van der Waals surface area contributed by atoms with Crippen molar-refractivity contribution in [2.24, 2.45) is 0 Å². The van der Waals surface area contributed by atoms with Crippen molar-refractivity contribution in [3.63, 3.8) is 0 Å².